The fourth-order valence-electron chi connectivity index (χ4n) is 3.42. The quantitative estimate of drug-likeness (QED) is 0.615. The number of hydrogen-bond acceptors (Lipinski definition) is 5. The number of non-ortho nitro benzene ring substituents is 1. The molecule has 114 valence electrons. The zero-order valence-corrected chi connectivity index (χ0v) is 12.3. The second kappa shape index (κ2) is 5.61. The van der Waals surface area contributed by atoms with Crippen molar-refractivity contribution in [1.29, 1.82) is 0 Å². The zero-order valence-electron chi connectivity index (χ0n) is 12.3. The third-order valence-corrected chi connectivity index (χ3v) is 4.40. The van der Waals surface area contributed by atoms with Crippen molar-refractivity contribution >= 4 is 11.4 Å². The van der Waals surface area contributed by atoms with Crippen LogP contribution in [0.4, 0.5) is 11.4 Å². The number of morpholine rings is 1. The molecule has 2 aliphatic rings. The van der Waals surface area contributed by atoms with Crippen LogP contribution in [-0.4, -0.2) is 55.3 Å². The molecule has 6 heteroatoms. The van der Waals surface area contributed by atoms with Gasteiger partial charge >= 0.3 is 0 Å². The van der Waals surface area contributed by atoms with E-state index in [1.807, 2.05) is 12.1 Å². The molecule has 2 heterocycles. The number of ether oxygens (including phenoxy) is 1. The highest BCUT2D eigenvalue weighted by atomic mass is 16.6. The normalized spacial score (nSPS) is 27.0. The van der Waals surface area contributed by atoms with Gasteiger partial charge in [0.15, 0.2) is 0 Å². The molecule has 0 radical (unpaired) electrons. The lowest BCUT2D eigenvalue weighted by Crippen LogP contribution is -2.59. The Balaban J connectivity index is 1.75. The summed E-state index contributed by atoms with van der Waals surface area (Å²) < 4.78 is 6.10. The number of benzene rings is 1. The Morgan fingerprint density at radius 2 is 2.00 bits per heavy atom. The number of likely N-dealkylation sites (tertiary alicyclic amines) is 1. The molecule has 0 amide bonds. The molecular weight excluding hydrogens is 270 g/mol. The molecule has 0 bridgehead atoms. The Hall–Kier alpha value is -1.66. The third kappa shape index (κ3) is 3.01. The van der Waals surface area contributed by atoms with Gasteiger partial charge in [-0.3, -0.25) is 10.1 Å². The average molecular weight is 291 g/mol. The predicted molar refractivity (Wildman–Crippen MR) is 80.7 cm³/mol. The SMILES string of the molecule is CN1CCCC2(C1)CN(c1ccc([N+](=O)[O-])cc1)CCO2. The Morgan fingerprint density at radius 1 is 1.24 bits per heavy atom. The maximum absolute atomic E-state index is 10.7. The summed E-state index contributed by atoms with van der Waals surface area (Å²) in [7, 11) is 2.13. The minimum Gasteiger partial charge on any atom is -0.370 e. The highest BCUT2D eigenvalue weighted by Gasteiger charge is 2.39. The van der Waals surface area contributed by atoms with Crippen LogP contribution in [0.3, 0.4) is 0 Å². The number of nitrogens with zero attached hydrogens (tertiary/aromatic N) is 3. The van der Waals surface area contributed by atoms with E-state index in [4.69, 9.17) is 4.74 Å². The van der Waals surface area contributed by atoms with Gasteiger partial charge < -0.3 is 14.5 Å². The smallest absolute Gasteiger partial charge is 0.269 e. The van der Waals surface area contributed by atoms with Gasteiger partial charge in [0.05, 0.1) is 17.1 Å². The number of rotatable bonds is 2. The van der Waals surface area contributed by atoms with Gasteiger partial charge in [-0.25, -0.2) is 0 Å². The highest BCUT2D eigenvalue weighted by molar-refractivity contribution is 5.51. The zero-order chi connectivity index (χ0) is 14.9. The summed E-state index contributed by atoms with van der Waals surface area (Å²) in [4.78, 5) is 15.0. The summed E-state index contributed by atoms with van der Waals surface area (Å²) in [5.41, 5.74) is 1.09. The molecule has 1 aromatic carbocycles. The van der Waals surface area contributed by atoms with E-state index in [0.29, 0.717) is 6.61 Å². The minimum absolute atomic E-state index is 0.0903. The molecule has 0 aliphatic carbocycles. The number of anilines is 1. The topological polar surface area (TPSA) is 58.9 Å². The molecule has 0 saturated carbocycles. The molecule has 1 unspecified atom stereocenters. The Labute approximate surface area is 124 Å². The molecule has 3 rings (SSSR count). The van der Waals surface area contributed by atoms with Crippen LogP contribution in [0.2, 0.25) is 0 Å². The molecule has 6 nitrogen and oxygen atoms in total. The van der Waals surface area contributed by atoms with Crippen molar-refractivity contribution in [3.8, 4) is 0 Å². The molecule has 2 saturated heterocycles. The molecule has 2 fully saturated rings. The van der Waals surface area contributed by atoms with Gasteiger partial charge in [0.25, 0.3) is 5.69 Å². The number of hydrogen-bond donors (Lipinski definition) is 0. The number of nitro benzene ring substituents is 1. The Morgan fingerprint density at radius 3 is 2.67 bits per heavy atom. The number of nitro groups is 1. The number of piperidine rings is 1. The third-order valence-electron chi connectivity index (χ3n) is 4.40. The molecule has 21 heavy (non-hydrogen) atoms. The Kier molecular flexibility index (Phi) is 3.82. The summed E-state index contributed by atoms with van der Waals surface area (Å²) in [5, 5.41) is 10.7. The monoisotopic (exact) mass is 291 g/mol. The van der Waals surface area contributed by atoms with Crippen molar-refractivity contribution < 1.29 is 9.66 Å². The van der Waals surface area contributed by atoms with Crippen molar-refractivity contribution in [2.45, 2.75) is 18.4 Å². The van der Waals surface area contributed by atoms with Crippen molar-refractivity contribution in [2.75, 3.05) is 44.7 Å². The van der Waals surface area contributed by atoms with E-state index in [9.17, 15) is 10.1 Å². The summed E-state index contributed by atoms with van der Waals surface area (Å²) in [5.74, 6) is 0. The fourth-order valence-corrected chi connectivity index (χ4v) is 3.42. The summed E-state index contributed by atoms with van der Waals surface area (Å²) in [6, 6.07) is 6.82. The number of likely N-dealkylation sites (N-methyl/N-ethyl adjacent to an activating group) is 1. The second-order valence-corrected chi connectivity index (χ2v) is 6.07. The lowest BCUT2D eigenvalue weighted by Gasteiger charge is -2.48. The van der Waals surface area contributed by atoms with Crippen LogP contribution < -0.4 is 4.90 Å². The first-order valence-corrected chi connectivity index (χ1v) is 7.40. The summed E-state index contributed by atoms with van der Waals surface area (Å²) in [6.07, 6.45) is 2.24. The lowest BCUT2D eigenvalue weighted by molar-refractivity contribution is -0.384. The Bertz CT molecular complexity index is 515. The molecule has 0 aromatic heterocycles. The average Bonchev–Trinajstić information content (AvgIpc) is 2.47. The molecule has 0 N–H and O–H groups in total. The second-order valence-electron chi connectivity index (χ2n) is 6.07. The van der Waals surface area contributed by atoms with Gasteiger partial charge in [0.1, 0.15) is 0 Å². The predicted octanol–water partition coefficient (Wildman–Crippen LogP) is 1.90. The molecule has 2 aliphatic heterocycles. The van der Waals surface area contributed by atoms with E-state index in [2.05, 4.69) is 16.8 Å². The van der Waals surface area contributed by atoms with Crippen LogP contribution in [0, 0.1) is 10.1 Å². The highest BCUT2D eigenvalue weighted by Crippen LogP contribution is 2.31. The van der Waals surface area contributed by atoms with Crippen LogP contribution in [0.25, 0.3) is 0 Å². The van der Waals surface area contributed by atoms with Crippen LogP contribution >= 0.6 is 0 Å². The van der Waals surface area contributed by atoms with E-state index in [1.165, 1.54) is 0 Å². The van der Waals surface area contributed by atoms with Crippen LogP contribution in [0.15, 0.2) is 24.3 Å². The van der Waals surface area contributed by atoms with E-state index in [-0.39, 0.29) is 16.2 Å². The standard InChI is InChI=1S/C15H21N3O3/c1-16-8-2-7-15(11-16)12-17(9-10-21-15)13-3-5-14(6-4-13)18(19)20/h3-6H,2,7-12H2,1H3. The van der Waals surface area contributed by atoms with Crippen molar-refractivity contribution in [2.24, 2.45) is 0 Å². The van der Waals surface area contributed by atoms with E-state index in [1.54, 1.807) is 12.1 Å². The molecule has 1 spiro atoms. The first-order chi connectivity index (χ1) is 10.1. The maximum Gasteiger partial charge on any atom is 0.269 e. The van der Waals surface area contributed by atoms with Crippen molar-refractivity contribution in [3.63, 3.8) is 0 Å². The first-order valence-electron chi connectivity index (χ1n) is 7.40. The van der Waals surface area contributed by atoms with Gasteiger partial charge in [0.2, 0.25) is 0 Å². The fraction of sp³-hybridized carbons (Fsp3) is 0.600. The minimum atomic E-state index is -0.360. The first kappa shape index (κ1) is 14.3. The molecule has 1 atom stereocenters. The van der Waals surface area contributed by atoms with Gasteiger partial charge in [-0.15, -0.1) is 0 Å². The maximum atomic E-state index is 10.7. The van der Waals surface area contributed by atoms with Gasteiger partial charge in [0, 0.05) is 37.5 Å². The van der Waals surface area contributed by atoms with Gasteiger partial charge in [-0.05, 0) is 38.6 Å². The van der Waals surface area contributed by atoms with Crippen LogP contribution in [0.5, 0.6) is 0 Å². The molecular formula is C15H21N3O3. The lowest BCUT2D eigenvalue weighted by atomic mass is 9.91. The van der Waals surface area contributed by atoms with Crippen LogP contribution in [-0.2, 0) is 4.74 Å². The summed E-state index contributed by atoms with van der Waals surface area (Å²) >= 11 is 0. The van der Waals surface area contributed by atoms with Gasteiger partial charge in [-0.1, -0.05) is 0 Å². The van der Waals surface area contributed by atoms with E-state index >= 15 is 0 Å². The van der Waals surface area contributed by atoms with Crippen molar-refractivity contribution in [3.05, 3.63) is 34.4 Å². The summed E-state index contributed by atoms with van der Waals surface area (Å²) in [6.45, 7) is 4.49. The van der Waals surface area contributed by atoms with Gasteiger partial charge in [-0.2, -0.15) is 0 Å². The van der Waals surface area contributed by atoms with Crippen LogP contribution in [0.1, 0.15) is 12.8 Å². The largest absolute Gasteiger partial charge is 0.370 e. The molecule has 1 aromatic rings. The van der Waals surface area contributed by atoms with Crippen molar-refractivity contribution in [1.82, 2.24) is 4.90 Å². The van der Waals surface area contributed by atoms with E-state index in [0.717, 1.165) is 44.7 Å². The van der Waals surface area contributed by atoms with E-state index < -0.39 is 0 Å².